The third-order valence-corrected chi connectivity index (χ3v) is 12.4. The van der Waals surface area contributed by atoms with Crippen molar-refractivity contribution in [1.82, 2.24) is 29.6 Å². The quantitative estimate of drug-likeness (QED) is 0.134. The molecule has 0 aliphatic carbocycles. The lowest BCUT2D eigenvalue weighted by Gasteiger charge is -2.36. The standard InChI is InChI=1S/C27H24F3N3O5.C20H18F3N3O5/c28-16-9-19(29)17(20(30)10-16)11-31-26(36)18-12-33-21-13-32(8-4-7-22(21)34)27(37)23(33)25(24(18)35)38-14-15-5-2-1-3-6-15;21-9-4-12(22)10(13(23)5-9)6-24-19(30)11-7-26-14-8-25(3-1-2-15(14)27)20(31)16(26)18(29)17(11)28/h1-3,5-6,9-10,12,21-22,34H,4,7-8,11,13-14H2,(H,31,36);4-5,7,14-15,27,29H,1-3,6,8H2,(H,24,30). The molecule has 0 spiro atoms. The number of nitrogens with one attached hydrogen (secondary N) is 2. The van der Waals surface area contributed by atoms with Crippen LogP contribution in [0.15, 0.2) is 76.6 Å². The SMILES string of the molecule is O=C(NCc1c(F)cc(F)cc1F)c1cn2c(c(O)c1=O)C(=O)N1CCCC(O)C2C1.O=C(NCc1c(F)cc(F)cc1F)c1cn2c(c(OCc3ccccc3)c1=O)C(=O)N1CCCC(O)C2C1. The van der Waals surface area contributed by atoms with Gasteiger partial charge in [-0.1, -0.05) is 30.3 Å². The number of amides is 4. The van der Waals surface area contributed by atoms with Gasteiger partial charge < -0.3 is 49.6 Å². The van der Waals surface area contributed by atoms with E-state index in [9.17, 15) is 70.4 Å². The zero-order valence-electron chi connectivity index (χ0n) is 36.2. The van der Waals surface area contributed by atoms with Crippen LogP contribution in [0.1, 0.15) is 96.2 Å². The molecule has 4 aliphatic rings. The van der Waals surface area contributed by atoms with Crippen LogP contribution in [0.5, 0.6) is 11.5 Å². The van der Waals surface area contributed by atoms with Crippen LogP contribution < -0.4 is 26.2 Å². The van der Waals surface area contributed by atoms with Gasteiger partial charge in [-0.05, 0) is 31.2 Å². The molecule has 4 unspecified atom stereocenters. The van der Waals surface area contributed by atoms with Crippen LogP contribution in [-0.4, -0.2) is 96.3 Å². The summed E-state index contributed by atoms with van der Waals surface area (Å²) in [5, 5.41) is 36.0. The molecule has 4 bridgehead atoms. The number of aromatic hydroxyl groups is 1. The molecule has 4 amide bonds. The molecule has 3 aromatic carbocycles. The highest BCUT2D eigenvalue weighted by molar-refractivity contribution is 6.00. The van der Waals surface area contributed by atoms with E-state index in [2.05, 4.69) is 10.6 Å². The Labute approximate surface area is 387 Å². The lowest BCUT2D eigenvalue weighted by atomic mass is 10.0. The highest BCUT2D eigenvalue weighted by atomic mass is 19.2. The third-order valence-electron chi connectivity index (χ3n) is 12.4. The Balaban J connectivity index is 0.000000190. The Morgan fingerprint density at radius 2 is 1.07 bits per heavy atom. The molecule has 0 saturated carbocycles. The van der Waals surface area contributed by atoms with Gasteiger partial charge in [-0.25, -0.2) is 26.3 Å². The van der Waals surface area contributed by atoms with Gasteiger partial charge in [0.15, 0.2) is 22.9 Å². The molecular formula is C47H42F6N6O10. The van der Waals surface area contributed by atoms with Gasteiger partial charge in [-0.3, -0.25) is 28.8 Å². The molecule has 16 nitrogen and oxygen atoms in total. The van der Waals surface area contributed by atoms with Crippen molar-refractivity contribution in [2.45, 2.75) is 69.7 Å². The fourth-order valence-electron chi connectivity index (χ4n) is 8.83. The van der Waals surface area contributed by atoms with E-state index in [0.29, 0.717) is 68.6 Å². The summed E-state index contributed by atoms with van der Waals surface area (Å²) >= 11 is 0. The molecule has 5 N–H and O–H groups in total. The van der Waals surface area contributed by atoms with Crippen molar-refractivity contribution in [1.29, 1.82) is 0 Å². The second-order valence-electron chi connectivity index (χ2n) is 16.8. The Hall–Kier alpha value is -7.46. The van der Waals surface area contributed by atoms with Gasteiger partial charge in [0.2, 0.25) is 10.9 Å². The number of hydrogen-bond acceptors (Lipinski definition) is 10. The predicted molar refractivity (Wildman–Crippen MR) is 229 cm³/mol. The lowest BCUT2D eigenvalue weighted by molar-refractivity contribution is 0.0548. The number of fused-ring (bicyclic) bond motifs is 8. The summed E-state index contributed by atoms with van der Waals surface area (Å²) in [6, 6.07) is 9.45. The molecule has 362 valence electrons. The van der Waals surface area contributed by atoms with Crippen LogP contribution in [0.3, 0.4) is 0 Å². The van der Waals surface area contributed by atoms with Crippen molar-refractivity contribution in [3.63, 3.8) is 0 Å². The number of ether oxygens (including phenoxy) is 1. The number of carbonyl (C=O) groups excluding carboxylic acids is 4. The van der Waals surface area contributed by atoms with Gasteiger partial charge in [-0.15, -0.1) is 0 Å². The number of rotatable bonds is 9. The van der Waals surface area contributed by atoms with Gasteiger partial charge in [-0.2, -0.15) is 0 Å². The largest absolute Gasteiger partial charge is 0.503 e. The van der Waals surface area contributed by atoms with Crippen LogP contribution in [0.4, 0.5) is 26.3 Å². The van der Waals surface area contributed by atoms with Crippen LogP contribution in [-0.2, 0) is 19.7 Å². The summed E-state index contributed by atoms with van der Waals surface area (Å²) in [6.45, 7) is -0.328. The summed E-state index contributed by atoms with van der Waals surface area (Å²) in [5.74, 6) is -11.4. The van der Waals surface area contributed by atoms with Crippen molar-refractivity contribution in [2.75, 3.05) is 26.2 Å². The first-order valence-electron chi connectivity index (χ1n) is 21.6. The van der Waals surface area contributed by atoms with Crippen LogP contribution in [0.25, 0.3) is 0 Å². The second kappa shape index (κ2) is 19.6. The maximum absolute atomic E-state index is 14.1. The molecule has 6 heterocycles. The van der Waals surface area contributed by atoms with E-state index in [-0.39, 0.29) is 36.8 Å². The zero-order valence-corrected chi connectivity index (χ0v) is 36.2. The van der Waals surface area contributed by atoms with E-state index in [1.165, 1.54) is 20.2 Å². The molecule has 2 saturated heterocycles. The number of halogens is 6. The topological polar surface area (TPSA) is 213 Å². The summed E-state index contributed by atoms with van der Waals surface area (Å²) in [5.41, 5.74) is -3.89. The number of aromatic nitrogens is 2. The number of pyridine rings is 2. The molecule has 2 aromatic heterocycles. The predicted octanol–water partition coefficient (Wildman–Crippen LogP) is 3.98. The number of hydrogen-bond donors (Lipinski definition) is 5. The van der Waals surface area contributed by atoms with E-state index in [4.69, 9.17) is 4.74 Å². The Morgan fingerprint density at radius 1 is 0.638 bits per heavy atom. The van der Waals surface area contributed by atoms with E-state index >= 15 is 0 Å². The fourth-order valence-corrected chi connectivity index (χ4v) is 8.83. The molecule has 69 heavy (non-hydrogen) atoms. The van der Waals surface area contributed by atoms with Crippen molar-refractivity contribution in [3.05, 3.63) is 162 Å². The van der Waals surface area contributed by atoms with E-state index < -0.39 is 135 Å². The molecule has 2 fully saturated rings. The summed E-state index contributed by atoms with van der Waals surface area (Å²) in [7, 11) is 0. The first-order valence-corrected chi connectivity index (χ1v) is 21.6. The Morgan fingerprint density at radius 3 is 1.55 bits per heavy atom. The minimum Gasteiger partial charge on any atom is -0.503 e. The van der Waals surface area contributed by atoms with Gasteiger partial charge >= 0.3 is 0 Å². The molecule has 5 aromatic rings. The van der Waals surface area contributed by atoms with Crippen molar-refractivity contribution in [2.24, 2.45) is 0 Å². The van der Waals surface area contributed by atoms with E-state index in [1.54, 1.807) is 35.2 Å². The van der Waals surface area contributed by atoms with E-state index in [1.807, 2.05) is 0 Å². The number of aliphatic hydroxyl groups excluding tert-OH is 2. The normalized spacial score (nSPS) is 19.3. The number of carbonyl (C=O) groups is 4. The van der Waals surface area contributed by atoms with Gasteiger partial charge in [0, 0.05) is 87.1 Å². The maximum atomic E-state index is 14.1. The van der Waals surface area contributed by atoms with E-state index in [0.717, 1.165) is 6.20 Å². The summed E-state index contributed by atoms with van der Waals surface area (Å²) in [4.78, 5) is 80.7. The Bertz CT molecular complexity index is 2960. The third kappa shape index (κ3) is 9.53. The highest BCUT2D eigenvalue weighted by Gasteiger charge is 2.42. The molecular weight excluding hydrogens is 923 g/mol. The van der Waals surface area contributed by atoms with Crippen LogP contribution in [0.2, 0.25) is 0 Å². The molecule has 22 heteroatoms. The number of benzene rings is 3. The maximum Gasteiger partial charge on any atom is 0.274 e. The average molecular weight is 965 g/mol. The molecule has 4 atom stereocenters. The van der Waals surface area contributed by atoms with Crippen LogP contribution in [0, 0.1) is 34.9 Å². The highest BCUT2D eigenvalue weighted by Crippen LogP contribution is 2.34. The monoisotopic (exact) mass is 964 g/mol. The smallest absolute Gasteiger partial charge is 0.274 e. The minimum atomic E-state index is -1.21. The first-order chi connectivity index (χ1) is 32.9. The summed E-state index contributed by atoms with van der Waals surface area (Å²) < 4.78 is 90.4. The summed E-state index contributed by atoms with van der Waals surface area (Å²) in [6.07, 6.45) is 2.38. The zero-order chi connectivity index (χ0) is 49.4. The molecule has 9 rings (SSSR count). The lowest BCUT2D eigenvalue weighted by Crippen LogP contribution is -2.47. The second-order valence-corrected chi connectivity index (χ2v) is 16.8. The van der Waals surface area contributed by atoms with Crippen molar-refractivity contribution in [3.8, 4) is 11.5 Å². The van der Waals surface area contributed by atoms with Crippen molar-refractivity contribution < 1.29 is 65.6 Å². The fraction of sp³-hybridized carbons (Fsp3) is 0.319. The minimum absolute atomic E-state index is 0.0688. The molecule has 4 aliphatic heterocycles. The van der Waals surface area contributed by atoms with Gasteiger partial charge in [0.25, 0.3) is 23.6 Å². The number of aliphatic hydroxyl groups is 2. The molecule has 0 radical (unpaired) electrons. The number of nitrogens with zero attached hydrogens (tertiary/aromatic N) is 4. The van der Waals surface area contributed by atoms with Crippen molar-refractivity contribution >= 4 is 23.6 Å². The van der Waals surface area contributed by atoms with Crippen LogP contribution >= 0.6 is 0 Å². The van der Waals surface area contributed by atoms with Gasteiger partial charge in [0.05, 0.1) is 24.3 Å². The first kappa shape index (κ1) is 48.0. The Kier molecular flexibility index (Phi) is 13.7. The average Bonchev–Trinajstić information content (AvgIpc) is 3.59. The van der Waals surface area contributed by atoms with Gasteiger partial charge in [0.1, 0.15) is 52.6 Å².